The van der Waals surface area contributed by atoms with Gasteiger partial charge in [-0.15, -0.1) is 0 Å². The lowest BCUT2D eigenvalue weighted by Gasteiger charge is -2.09. The van der Waals surface area contributed by atoms with E-state index in [2.05, 4.69) is 0 Å². The first kappa shape index (κ1) is 11.1. The summed E-state index contributed by atoms with van der Waals surface area (Å²) in [4.78, 5) is 10.7. The maximum Gasteiger partial charge on any atom is 0.310 e. The summed E-state index contributed by atoms with van der Waals surface area (Å²) in [5.74, 6) is -1.10. The van der Waals surface area contributed by atoms with Crippen LogP contribution in [0.25, 0.3) is 0 Å². The maximum atomic E-state index is 10.7. The van der Waals surface area contributed by atoms with Crippen LogP contribution < -0.4 is 4.74 Å². The molecular weight excluding hydrogens is 194 g/mol. The van der Waals surface area contributed by atoms with E-state index in [0.29, 0.717) is 16.9 Å². The highest BCUT2D eigenvalue weighted by Gasteiger charge is 2.15. The third kappa shape index (κ3) is 2.26. The Kier molecular flexibility index (Phi) is 3.29. The molecule has 0 radical (unpaired) electrons. The van der Waals surface area contributed by atoms with E-state index in [9.17, 15) is 4.79 Å². The molecule has 15 heavy (non-hydrogen) atoms. The van der Waals surface area contributed by atoms with Gasteiger partial charge in [0.15, 0.2) is 0 Å². The zero-order chi connectivity index (χ0) is 11.4. The molecule has 0 aromatic heterocycles. The number of hydrogen-bond donors (Lipinski definition) is 1. The van der Waals surface area contributed by atoms with E-state index >= 15 is 0 Å². The van der Waals surface area contributed by atoms with E-state index in [1.54, 1.807) is 25.1 Å². The van der Waals surface area contributed by atoms with Gasteiger partial charge in [0, 0.05) is 0 Å². The number of aliphatic carboxylic acids is 1. The van der Waals surface area contributed by atoms with Crippen LogP contribution in [0, 0.1) is 11.3 Å². The minimum Gasteiger partial charge on any atom is -0.495 e. The van der Waals surface area contributed by atoms with E-state index < -0.39 is 11.9 Å². The Hall–Kier alpha value is -2.02. The van der Waals surface area contributed by atoms with Gasteiger partial charge in [0.25, 0.3) is 0 Å². The smallest absolute Gasteiger partial charge is 0.310 e. The van der Waals surface area contributed by atoms with Gasteiger partial charge in [-0.2, -0.15) is 5.26 Å². The van der Waals surface area contributed by atoms with Gasteiger partial charge in [0.2, 0.25) is 0 Å². The van der Waals surface area contributed by atoms with Crippen LogP contribution in [0.5, 0.6) is 5.75 Å². The molecule has 0 fully saturated rings. The molecule has 78 valence electrons. The van der Waals surface area contributed by atoms with Crippen molar-refractivity contribution >= 4 is 5.97 Å². The highest BCUT2D eigenvalue weighted by atomic mass is 16.5. The third-order valence-corrected chi connectivity index (χ3v) is 2.22. The third-order valence-electron chi connectivity index (χ3n) is 2.22. The van der Waals surface area contributed by atoms with E-state index in [-0.39, 0.29) is 0 Å². The normalized spacial score (nSPS) is 11.5. The average molecular weight is 205 g/mol. The van der Waals surface area contributed by atoms with Crippen molar-refractivity contribution in [1.29, 1.82) is 5.26 Å². The lowest BCUT2D eigenvalue weighted by Crippen LogP contribution is -2.07. The molecule has 0 aliphatic carbocycles. The van der Waals surface area contributed by atoms with Crippen molar-refractivity contribution in [1.82, 2.24) is 0 Å². The molecule has 1 aromatic carbocycles. The Morgan fingerprint density at radius 1 is 1.60 bits per heavy atom. The van der Waals surface area contributed by atoms with Crippen molar-refractivity contribution in [3.63, 3.8) is 0 Å². The van der Waals surface area contributed by atoms with Crippen LogP contribution in [0.3, 0.4) is 0 Å². The Balaban J connectivity index is 3.15. The Labute approximate surface area is 87.7 Å². The first-order valence-corrected chi connectivity index (χ1v) is 4.41. The van der Waals surface area contributed by atoms with E-state index in [1.807, 2.05) is 6.07 Å². The average Bonchev–Trinajstić information content (AvgIpc) is 2.26. The fraction of sp³-hybridized carbons (Fsp3) is 0.273. The Morgan fingerprint density at radius 2 is 2.27 bits per heavy atom. The lowest BCUT2D eigenvalue weighted by atomic mass is 9.99. The van der Waals surface area contributed by atoms with Gasteiger partial charge in [-0.05, 0) is 24.6 Å². The quantitative estimate of drug-likeness (QED) is 0.816. The van der Waals surface area contributed by atoms with Crippen LogP contribution in [0.15, 0.2) is 18.2 Å². The summed E-state index contributed by atoms with van der Waals surface area (Å²) in [6.45, 7) is 1.59. The van der Waals surface area contributed by atoms with Crippen molar-refractivity contribution in [3.8, 4) is 11.8 Å². The van der Waals surface area contributed by atoms with E-state index in [0.717, 1.165) is 0 Å². The number of benzene rings is 1. The van der Waals surface area contributed by atoms with Crippen LogP contribution >= 0.6 is 0 Å². The fourth-order valence-electron chi connectivity index (χ4n) is 1.21. The van der Waals surface area contributed by atoms with Crippen molar-refractivity contribution in [2.45, 2.75) is 12.8 Å². The summed E-state index contributed by atoms with van der Waals surface area (Å²) in [5, 5.41) is 17.6. The number of nitrogens with zero attached hydrogens (tertiary/aromatic N) is 1. The number of hydrogen-bond acceptors (Lipinski definition) is 3. The van der Waals surface area contributed by atoms with Crippen molar-refractivity contribution in [2.75, 3.05) is 7.11 Å². The first-order valence-electron chi connectivity index (χ1n) is 4.41. The molecule has 0 amide bonds. The van der Waals surface area contributed by atoms with Crippen molar-refractivity contribution < 1.29 is 14.6 Å². The van der Waals surface area contributed by atoms with E-state index in [4.69, 9.17) is 15.1 Å². The molecule has 0 spiro atoms. The largest absolute Gasteiger partial charge is 0.495 e. The number of carboxylic acid groups (broad SMARTS) is 1. The molecule has 1 atom stereocenters. The van der Waals surface area contributed by atoms with Crippen LogP contribution in [0.1, 0.15) is 24.0 Å². The monoisotopic (exact) mass is 205 g/mol. The summed E-state index contributed by atoms with van der Waals surface area (Å²) >= 11 is 0. The van der Waals surface area contributed by atoms with Gasteiger partial charge in [0.1, 0.15) is 11.8 Å². The number of carboxylic acids is 1. The molecule has 0 saturated carbocycles. The molecule has 0 aliphatic rings. The topological polar surface area (TPSA) is 70.3 Å². The molecule has 4 heteroatoms. The summed E-state index contributed by atoms with van der Waals surface area (Å²) in [6, 6.07) is 6.74. The molecule has 1 unspecified atom stereocenters. The fourth-order valence-corrected chi connectivity index (χ4v) is 1.21. The van der Waals surface area contributed by atoms with Gasteiger partial charge >= 0.3 is 5.97 Å². The number of carbonyl (C=O) groups is 1. The van der Waals surface area contributed by atoms with Crippen LogP contribution in [-0.4, -0.2) is 18.2 Å². The zero-order valence-electron chi connectivity index (χ0n) is 8.52. The molecule has 0 heterocycles. The number of rotatable bonds is 3. The van der Waals surface area contributed by atoms with E-state index in [1.165, 1.54) is 7.11 Å². The summed E-state index contributed by atoms with van der Waals surface area (Å²) in [6.07, 6.45) is 0. The maximum absolute atomic E-state index is 10.7. The number of ether oxygens (including phenoxy) is 1. The Morgan fingerprint density at radius 3 is 2.73 bits per heavy atom. The predicted octanol–water partition coefficient (Wildman–Crippen LogP) is 1.75. The molecule has 1 rings (SSSR count). The molecule has 0 bridgehead atoms. The molecule has 4 nitrogen and oxygen atoms in total. The van der Waals surface area contributed by atoms with Gasteiger partial charge in [-0.25, -0.2) is 0 Å². The van der Waals surface area contributed by atoms with Crippen molar-refractivity contribution in [3.05, 3.63) is 29.3 Å². The molecule has 0 aliphatic heterocycles. The summed E-state index contributed by atoms with van der Waals surface area (Å²) in [7, 11) is 1.45. The second-order valence-electron chi connectivity index (χ2n) is 3.13. The summed E-state index contributed by atoms with van der Waals surface area (Å²) < 4.78 is 4.99. The predicted molar refractivity (Wildman–Crippen MR) is 53.8 cm³/mol. The van der Waals surface area contributed by atoms with Crippen LogP contribution in [0.4, 0.5) is 0 Å². The lowest BCUT2D eigenvalue weighted by molar-refractivity contribution is -0.138. The molecule has 1 aromatic rings. The molecule has 1 N–H and O–H groups in total. The van der Waals surface area contributed by atoms with Gasteiger partial charge in [0.05, 0.1) is 18.6 Å². The zero-order valence-corrected chi connectivity index (χ0v) is 8.52. The van der Waals surface area contributed by atoms with Crippen LogP contribution in [0.2, 0.25) is 0 Å². The SMILES string of the molecule is COc1cc(C(C)C(=O)O)ccc1C#N. The molecular formula is C11H11NO3. The highest BCUT2D eigenvalue weighted by Crippen LogP contribution is 2.24. The number of nitriles is 1. The molecule has 0 saturated heterocycles. The minimum absolute atomic E-state index is 0.402. The highest BCUT2D eigenvalue weighted by molar-refractivity contribution is 5.75. The van der Waals surface area contributed by atoms with Gasteiger partial charge < -0.3 is 9.84 Å². The first-order chi connectivity index (χ1) is 7.10. The minimum atomic E-state index is -0.901. The van der Waals surface area contributed by atoms with Crippen LogP contribution in [-0.2, 0) is 4.79 Å². The second kappa shape index (κ2) is 4.47. The Bertz CT molecular complexity index is 420. The second-order valence-corrected chi connectivity index (χ2v) is 3.13. The van der Waals surface area contributed by atoms with Gasteiger partial charge in [-0.1, -0.05) is 6.07 Å². The van der Waals surface area contributed by atoms with Gasteiger partial charge in [-0.3, -0.25) is 4.79 Å². The standard InChI is InChI=1S/C11H11NO3/c1-7(11(13)14)8-3-4-9(6-12)10(5-8)15-2/h3-5,7H,1-2H3,(H,13,14). The van der Waals surface area contributed by atoms with Crippen molar-refractivity contribution in [2.24, 2.45) is 0 Å². The number of methoxy groups -OCH3 is 1. The summed E-state index contributed by atoms with van der Waals surface area (Å²) in [5.41, 5.74) is 1.03.